The Labute approximate surface area is 129 Å². The lowest BCUT2D eigenvalue weighted by Gasteiger charge is -2.16. The molecule has 0 bridgehead atoms. The molecule has 1 aromatic heterocycles. The van der Waals surface area contributed by atoms with E-state index < -0.39 is 0 Å². The van der Waals surface area contributed by atoms with Crippen molar-refractivity contribution in [3.8, 4) is 0 Å². The smallest absolute Gasteiger partial charge is 0.124 e. The molecule has 3 nitrogen and oxygen atoms in total. The minimum absolute atomic E-state index is 0.00654. The Bertz CT molecular complexity index is 587. The Balaban J connectivity index is 2.05. The highest BCUT2D eigenvalue weighted by Gasteiger charge is 2.12. The highest BCUT2D eigenvalue weighted by molar-refractivity contribution is 6.31. The summed E-state index contributed by atoms with van der Waals surface area (Å²) in [5.74, 6) is 5.27. The molecule has 0 aliphatic carbocycles. The van der Waals surface area contributed by atoms with Gasteiger partial charge in [-0.05, 0) is 42.2 Å². The number of rotatable bonds is 6. The summed E-state index contributed by atoms with van der Waals surface area (Å²) in [4.78, 5) is 4.43. The van der Waals surface area contributed by atoms with Crippen LogP contribution in [0.15, 0.2) is 36.5 Å². The van der Waals surface area contributed by atoms with Crippen LogP contribution in [-0.4, -0.2) is 11.0 Å². The van der Waals surface area contributed by atoms with Crippen LogP contribution in [0.1, 0.15) is 23.7 Å². The Kier molecular flexibility index (Phi) is 5.67. The van der Waals surface area contributed by atoms with Crippen molar-refractivity contribution in [2.75, 3.05) is 0 Å². The van der Waals surface area contributed by atoms with Gasteiger partial charge in [0.2, 0.25) is 0 Å². The zero-order chi connectivity index (χ0) is 15.2. The van der Waals surface area contributed by atoms with Crippen LogP contribution < -0.4 is 11.3 Å². The van der Waals surface area contributed by atoms with E-state index in [2.05, 4.69) is 23.4 Å². The molecule has 2 aromatic rings. The second kappa shape index (κ2) is 7.50. The molecule has 5 heteroatoms. The summed E-state index contributed by atoms with van der Waals surface area (Å²) in [5.41, 5.74) is 5.82. The van der Waals surface area contributed by atoms with Crippen LogP contribution in [0.3, 0.4) is 0 Å². The Morgan fingerprint density at radius 3 is 2.67 bits per heavy atom. The van der Waals surface area contributed by atoms with Crippen molar-refractivity contribution < 1.29 is 4.39 Å². The Morgan fingerprint density at radius 2 is 2.10 bits per heavy atom. The molecule has 1 aromatic carbocycles. The van der Waals surface area contributed by atoms with Crippen LogP contribution >= 0.6 is 11.6 Å². The van der Waals surface area contributed by atoms with Crippen LogP contribution in [-0.2, 0) is 19.3 Å². The van der Waals surface area contributed by atoms with Gasteiger partial charge in [-0.2, -0.15) is 0 Å². The fraction of sp³-hybridized carbons (Fsp3) is 0.312. The molecule has 21 heavy (non-hydrogen) atoms. The van der Waals surface area contributed by atoms with Gasteiger partial charge in [0.05, 0.1) is 0 Å². The molecule has 2 rings (SSSR count). The predicted molar refractivity (Wildman–Crippen MR) is 83.5 cm³/mol. The van der Waals surface area contributed by atoms with Gasteiger partial charge < -0.3 is 0 Å². The molecular formula is C16H19ClFN3. The van der Waals surface area contributed by atoms with Gasteiger partial charge >= 0.3 is 0 Å². The number of aryl methyl sites for hydroxylation is 1. The monoisotopic (exact) mass is 307 g/mol. The van der Waals surface area contributed by atoms with Gasteiger partial charge in [-0.25, -0.2) is 4.39 Å². The van der Waals surface area contributed by atoms with E-state index >= 15 is 0 Å². The number of pyridine rings is 1. The summed E-state index contributed by atoms with van der Waals surface area (Å²) in [6.07, 6.45) is 4.16. The maximum absolute atomic E-state index is 13.1. The molecule has 0 aliphatic heterocycles. The number of hydrazine groups is 1. The predicted octanol–water partition coefficient (Wildman–Crippen LogP) is 3.05. The highest BCUT2D eigenvalue weighted by atomic mass is 35.5. The van der Waals surface area contributed by atoms with Crippen molar-refractivity contribution in [1.29, 1.82) is 0 Å². The zero-order valence-corrected chi connectivity index (χ0v) is 12.7. The Morgan fingerprint density at radius 1 is 1.29 bits per heavy atom. The van der Waals surface area contributed by atoms with Crippen molar-refractivity contribution in [3.63, 3.8) is 0 Å². The van der Waals surface area contributed by atoms with Crippen LogP contribution in [0.2, 0.25) is 5.02 Å². The molecule has 3 N–H and O–H groups in total. The number of nitrogens with two attached hydrogens (primary N) is 1. The van der Waals surface area contributed by atoms with Gasteiger partial charge in [-0.3, -0.25) is 16.3 Å². The van der Waals surface area contributed by atoms with Crippen LogP contribution in [0.25, 0.3) is 0 Å². The molecule has 0 spiro atoms. The first kappa shape index (κ1) is 15.9. The minimum Gasteiger partial charge on any atom is -0.271 e. The van der Waals surface area contributed by atoms with Crippen molar-refractivity contribution in [3.05, 3.63) is 64.2 Å². The van der Waals surface area contributed by atoms with Crippen molar-refractivity contribution in [2.24, 2.45) is 5.84 Å². The molecule has 0 saturated carbocycles. The summed E-state index contributed by atoms with van der Waals surface area (Å²) in [6.45, 7) is 2.09. The SMILES string of the molecule is CCc1ccc(CC(Cc2ccc(F)cc2Cl)NN)nc1. The summed E-state index contributed by atoms with van der Waals surface area (Å²) in [5, 5.41) is 0.421. The zero-order valence-electron chi connectivity index (χ0n) is 11.9. The largest absolute Gasteiger partial charge is 0.271 e. The molecule has 0 fully saturated rings. The van der Waals surface area contributed by atoms with E-state index in [0.29, 0.717) is 17.9 Å². The number of benzene rings is 1. The summed E-state index contributed by atoms with van der Waals surface area (Å²) >= 11 is 6.05. The molecule has 0 radical (unpaired) electrons. The number of hydrogen-bond acceptors (Lipinski definition) is 3. The number of aromatic nitrogens is 1. The van der Waals surface area contributed by atoms with Gasteiger partial charge in [0.25, 0.3) is 0 Å². The van der Waals surface area contributed by atoms with E-state index in [4.69, 9.17) is 17.4 Å². The third-order valence-corrected chi connectivity index (χ3v) is 3.82. The standard InChI is InChI=1S/C16H19ClFN3/c1-2-11-3-6-14(20-10-11)9-15(21-19)7-12-4-5-13(18)8-16(12)17/h3-6,8,10,15,21H,2,7,9,19H2,1H3. The van der Waals surface area contributed by atoms with Gasteiger partial charge in [-0.1, -0.05) is 30.7 Å². The lowest BCUT2D eigenvalue weighted by atomic mass is 10.0. The van der Waals surface area contributed by atoms with E-state index in [1.165, 1.54) is 17.7 Å². The van der Waals surface area contributed by atoms with Crippen molar-refractivity contribution in [1.82, 2.24) is 10.4 Å². The first-order chi connectivity index (χ1) is 10.1. The first-order valence-corrected chi connectivity index (χ1v) is 7.34. The molecule has 1 heterocycles. The van der Waals surface area contributed by atoms with E-state index in [1.54, 1.807) is 6.07 Å². The summed E-state index contributed by atoms with van der Waals surface area (Å²) < 4.78 is 13.1. The number of nitrogens with one attached hydrogen (secondary N) is 1. The number of nitrogens with zero attached hydrogens (tertiary/aromatic N) is 1. The molecule has 0 saturated heterocycles. The summed E-state index contributed by atoms with van der Waals surface area (Å²) in [7, 11) is 0. The second-order valence-electron chi connectivity index (χ2n) is 5.02. The van der Waals surface area contributed by atoms with Crippen molar-refractivity contribution in [2.45, 2.75) is 32.2 Å². The average molecular weight is 308 g/mol. The first-order valence-electron chi connectivity index (χ1n) is 6.96. The third-order valence-electron chi connectivity index (χ3n) is 3.47. The summed E-state index contributed by atoms with van der Waals surface area (Å²) in [6, 6.07) is 8.49. The van der Waals surface area contributed by atoms with E-state index in [9.17, 15) is 4.39 Å². The molecular weight excluding hydrogens is 289 g/mol. The maximum Gasteiger partial charge on any atom is 0.124 e. The highest BCUT2D eigenvalue weighted by Crippen LogP contribution is 2.19. The van der Waals surface area contributed by atoms with E-state index in [0.717, 1.165) is 17.7 Å². The number of halogens is 2. The Hall–Kier alpha value is -1.49. The average Bonchev–Trinajstić information content (AvgIpc) is 2.49. The normalized spacial score (nSPS) is 12.4. The lowest BCUT2D eigenvalue weighted by molar-refractivity contribution is 0.517. The van der Waals surface area contributed by atoms with E-state index in [1.807, 2.05) is 12.3 Å². The third kappa shape index (κ3) is 4.49. The second-order valence-corrected chi connectivity index (χ2v) is 5.43. The molecule has 0 amide bonds. The maximum atomic E-state index is 13.1. The fourth-order valence-corrected chi connectivity index (χ4v) is 2.42. The minimum atomic E-state index is -0.335. The fourth-order valence-electron chi connectivity index (χ4n) is 2.18. The van der Waals surface area contributed by atoms with Gasteiger partial charge in [-0.15, -0.1) is 0 Å². The quantitative estimate of drug-likeness (QED) is 0.637. The molecule has 1 atom stereocenters. The van der Waals surface area contributed by atoms with Gasteiger partial charge in [0.15, 0.2) is 0 Å². The topological polar surface area (TPSA) is 50.9 Å². The lowest BCUT2D eigenvalue weighted by Crippen LogP contribution is -2.38. The van der Waals surface area contributed by atoms with Crippen molar-refractivity contribution >= 4 is 11.6 Å². The molecule has 112 valence electrons. The molecule has 1 unspecified atom stereocenters. The molecule has 0 aliphatic rings. The van der Waals surface area contributed by atoms with Crippen LogP contribution in [0.4, 0.5) is 4.39 Å². The van der Waals surface area contributed by atoms with Gasteiger partial charge in [0, 0.05) is 29.4 Å². The van der Waals surface area contributed by atoms with Gasteiger partial charge in [0.1, 0.15) is 5.82 Å². The van der Waals surface area contributed by atoms with Crippen LogP contribution in [0, 0.1) is 5.82 Å². The van der Waals surface area contributed by atoms with Crippen LogP contribution in [0.5, 0.6) is 0 Å². The van der Waals surface area contributed by atoms with E-state index in [-0.39, 0.29) is 11.9 Å². The number of hydrogen-bond donors (Lipinski definition) is 2.